The van der Waals surface area contributed by atoms with Gasteiger partial charge in [0.25, 0.3) is 5.91 Å². The highest BCUT2D eigenvalue weighted by Crippen LogP contribution is 2.29. The van der Waals surface area contributed by atoms with Crippen molar-refractivity contribution >= 4 is 11.6 Å². The molecule has 0 bridgehead atoms. The van der Waals surface area contributed by atoms with Gasteiger partial charge in [0, 0.05) is 11.6 Å². The summed E-state index contributed by atoms with van der Waals surface area (Å²) in [6, 6.07) is 1.96. The Bertz CT molecular complexity index is 466. The Labute approximate surface area is 110 Å². The number of benzene rings is 1. The van der Waals surface area contributed by atoms with E-state index in [4.69, 9.17) is 5.84 Å². The first-order chi connectivity index (χ1) is 9.02. The smallest absolute Gasteiger partial charge is 0.251 e. The number of amides is 1. The van der Waals surface area contributed by atoms with Crippen LogP contribution in [-0.4, -0.2) is 11.9 Å². The van der Waals surface area contributed by atoms with Gasteiger partial charge in [-0.05, 0) is 37.8 Å². The monoisotopic (exact) mass is 269 g/mol. The van der Waals surface area contributed by atoms with E-state index in [2.05, 4.69) is 5.32 Å². The molecule has 0 aliphatic heterocycles. The lowest BCUT2D eigenvalue weighted by molar-refractivity contribution is 0.0908. The van der Waals surface area contributed by atoms with E-state index >= 15 is 0 Å². The van der Waals surface area contributed by atoms with Crippen LogP contribution in [0.4, 0.5) is 14.5 Å². The Morgan fingerprint density at radius 1 is 1.37 bits per heavy atom. The molecule has 104 valence electrons. The Morgan fingerprint density at radius 3 is 2.37 bits per heavy atom. The van der Waals surface area contributed by atoms with Gasteiger partial charge in [0.05, 0.1) is 0 Å². The third kappa shape index (κ3) is 2.84. The molecule has 6 heteroatoms. The maximum absolute atomic E-state index is 13.5. The summed E-state index contributed by atoms with van der Waals surface area (Å²) >= 11 is 0. The quantitative estimate of drug-likeness (QED) is 0.579. The normalized spacial score (nSPS) is 16.6. The van der Waals surface area contributed by atoms with E-state index in [0.29, 0.717) is 5.92 Å². The van der Waals surface area contributed by atoms with Gasteiger partial charge in [-0.15, -0.1) is 0 Å². The van der Waals surface area contributed by atoms with E-state index in [9.17, 15) is 13.6 Å². The first kappa shape index (κ1) is 13.7. The fourth-order valence-corrected chi connectivity index (χ4v) is 2.19. The van der Waals surface area contributed by atoms with Gasteiger partial charge in [-0.2, -0.15) is 0 Å². The molecule has 19 heavy (non-hydrogen) atoms. The molecule has 1 atom stereocenters. The summed E-state index contributed by atoms with van der Waals surface area (Å²) in [7, 11) is 0. The van der Waals surface area contributed by atoms with Gasteiger partial charge in [-0.3, -0.25) is 10.6 Å². The van der Waals surface area contributed by atoms with Crippen molar-refractivity contribution in [1.29, 1.82) is 0 Å². The van der Waals surface area contributed by atoms with Crippen molar-refractivity contribution in [2.75, 3.05) is 5.43 Å². The predicted molar refractivity (Wildman–Crippen MR) is 68.4 cm³/mol. The molecule has 0 spiro atoms. The van der Waals surface area contributed by atoms with E-state index in [1.165, 1.54) is 6.42 Å². The molecule has 1 aliphatic rings. The lowest BCUT2D eigenvalue weighted by atomic mass is 9.80. The molecule has 1 amide bonds. The Balaban J connectivity index is 2.10. The van der Waals surface area contributed by atoms with Crippen LogP contribution in [0, 0.1) is 17.6 Å². The summed E-state index contributed by atoms with van der Waals surface area (Å²) in [6.07, 6.45) is 3.34. The van der Waals surface area contributed by atoms with Crippen molar-refractivity contribution in [1.82, 2.24) is 5.32 Å². The number of hydrazine groups is 1. The van der Waals surface area contributed by atoms with Crippen molar-refractivity contribution in [2.24, 2.45) is 11.8 Å². The first-order valence-electron chi connectivity index (χ1n) is 6.29. The molecule has 0 saturated heterocycles. The van der Waals surface area contributed by atoms with Crippen LogP contribution >= 0.6 is 0 Å². The Kier molecular flexibility index (Phi) is 3.99. The fraction of sp³-hybridized carbons (Fsp3) is 0.462. The maximum atomic E-state index is 13.5. The number of carbonyl (C=O) groups is 1. The van der Waals surface area contributed by atoms with Crippen molar-refractivity contribution in [3.8, 4) is 0 Å². The van der Waals surface area contributed by atoms with Gasteiger partial charge in [0.15, 0.2) is 11.6 Å². The van der Waals surface area contributed by atoms with Gasteiger partial charge < -0.3 is 10.7 Å². The fourth-order valence-electron chi connectivity index (χ4n) is 2.19. The molecule has 4 N–H and O–H groups in total. The van der Waals surface area contributed by atoms with Crippen LogP contribution in [0.2, 0.25) is 0 Å². The topological polar surface area (TPSA) is 67.2 Å². The number of halogens is 2. The summed E-state index contributed by atoms with van der Waals surface area (Å²) in [5, 5.41) is 2.77. The zero-order valence-corrected chi connectivity index (χ0v) is 10.7. The second-order valence-corrected chi connectivity index (χ2v) is 4.91. The molecular formula is C13H17F2N3O. The van der Waals surface area contributed by atoms with E-state index in [1.807, 2.05) is 12.3 Å². The van der Waals surface area contributed by atoms with Gasteiger partial charge in [0.1, 0.15) is 5.69 Å². The van der Waals surface area contributed by atoms with Crippen molar-refractivity contribution in [3.63, 3.8) is 0 Å². The molecule has 4 nitrogen and oxygen atoms in total. The van der Waals surface area contributed by atoms with E-state index in [1.54, 1.807) is 0 Å². The van der Waals surface area contributed by atoms with E-state index < -0.39 is 23.2 Å². The van der Waals surface area contributed by atoms with Gasteiger partial charge in [-0.1, -0.05) is 6.42 Å². The standard InChI is InChI=1S/C13H17F2N3O/c1-7(8-3-2-4-8)17-13(19)9-5-10(14)12(18-16)11(15)6-9/h5-8,18H,2-4,16H2,1H3,(H,17,19). The van der Waals surface area contributed by atoms with Crippen LogP contribution in [0.1, 0.15) is 36.5 Å². The van der Waals surface area contributed by atoms with Gasteiger partial charge >= 0.3 is 0 Å². The molecule has 0 aromatic heterocycles. The summed E-state index contributed by atoms with van der Waals surface area (Å²) in [5.41, 5.74) is 1.44. The number of hydrogen-bond donors (Lipinski definition) is 3. The maximum Gasteiger partial charge on any atom is 0.251 e. The highest BCUT2D eigenvalue weighted by Gasteiger charge is 2.25. The number of hydrogen-bond acceptors (Lipinski definition) is 3. The third-order valence-corrected chi connectivity index (χ3v) is 3.66. The number of anilines is 1. The van der Waals surface area contributed by atoms with E-state index in [-0.39, 0.29) is 11.6 Å². The molecular weight excluding hydrogens is 252 g/mol. The summed E-state index contributed by atoms with van der Waals surface area (Å²) in [5.74, 6) is 3.21. The molecule has 1 fully saturated rings. The molecule has 2 rings (SSSR count). The summed E-state index contributed by atoms with van der Waals surface area (Å²) in [6.45, 7) is 1.91. The van der Waals surface area contributed by atoms with Crippen molar-refractivity contribution in [3.05, 3.63) is 29.3 Å². The SMILES string of the molecule is CC(NC(=O)c1cc(F)c(NN)c(F)c1)C1CCC1. The van der Waals surface area contributed by atoms with Gasteiger partial charge in [-0.25, -0.2) is 8.78 Å². The Hall–Kier alpha value is -1.69. The predicted octanol–water partition coefficient (Wildman–Crippen LogP) is 2.17. The molecule has 0 radical (unpaired) electrons. The second kappa shape index (κ2) is 5.52. The average molecular weight is 269 g/mol. The lowest BCUT2D eigenvalue weighted by Gasteiger charge is -2.31. The largest absolute Gasteiger partial charge is 0.349 e. The zero-order chi connectivity index (χ0) is 14.0. The minimum Gasteiger partial charge on any atom is -0.349 e. The van der Waals surface area contributed by atoms with Crippen molar-refractivity contribution < 1.29 is 13.6 Å². The van der Waals surface area contributed by atoms with Crippen LogP contribution < -0.4 is 16.6 Å². The highest BCUT2D eigenvalue weighted by atomic mass is 19.1. The minimum atomic E-state index is -0.885. The van der Waals surface area contributed by atoms with Crippen LogP contribution in [-0.2, 0) is 0 Å². The van der Waals surface area contributed by atoms with Gasteiger partial charge in [0.2, 0.25) is 0 Å². The van der Waals surface area contributed by atoms with Crippen LogP contribution in [0.25, 0.3) is 0 Å². The van der Waals surface area contributed by atoms with Crippen LogP contribution in [0.3, 0.4) is 0 Å². The van der Waals surface area contributed by atoms with Crippen LogP contribution in [0.15, 0.2) is 12.1 Å². The molecule has 0 heterocycles. The molecule has 1 aliphatic carbocycles. The zero-order valence-electron chi connectivity index (χ0n) is 10.7. The van der Waals surface area contributed by atoms with Crippen molar-refractivity contribution in [2.45, 2.75) is 32.2 Å². The summed E-state index contributed by atoms with van der Waals surface area (Å²) < 4.78 is 27.0. The number of nitrogens with one attached hydrogen (secondary N) is 2. The highest BCUT2D eigenvalue weighted by molar-refractivity contribution is 5.94. The number of carbonyl (C=O) groups excluding carboxylic acids is 1. The molecule has 1 aromatic carbocycles. The van der Waals surface area contributed by atoms with E-state index in [0.717, 1.165) is 25.0 Å². The molecule has 1 unspecified atom stereocenters. The minimum absolute atomic E-state index is 0.0136. The third-order valence-electron chi connectivity index (χ3n) is 3.66. The molecule has 1 saturated carbocycles. The average Bonchev–Trinajstić information content (AvgIpc) is 2.25. The number of nitrogen functional groups attached to an aromatic ring is 1. The number of rotatable bonds is 4. The number of nitrogens with two attached hydrogens (primary N) is 1. The second-order valence-electron chi connectivity index (χ2n) is 4.91. The summed E-state index contributed by atoms with van der Waals surface area (Å²) in [4.78, 5) is 11.9. The first-order valence-corrected chi connectivity index (χ1v) is 6.29. The lowest BCUT2D eigenvalue weighted by Crippen LogP contribution is -2.40. The molecule has 1 aromatic rings. The Morgan fingerprint density at radius 2 is 1.95 bits per heavy atom. The van der Waals surface area contributed by atoms with Crippen LogP contribution in [0.5, 0.6) is 0 Å².